The smallest absolute Gasteiger partial charge is 0.0572 e. The number of halogens is 1. The average Bonchev–Trinajstić information content (AvgIpc) is 2.18. The Balaban J connectivity index is 2.44. The molecule has 0 aliphatic carbocycles. The van der Waals surface area contributed by atoms with Gasteiger partial charge in [-0.3, -0.25) is 4.98 Å². The van der Waals surface area contributed by atoms with Crippen molar-refractivity contribution in [3.8, 4) is 0 Å². The van der Waals surface area contributed by atoms with E-state index in [4.69, 9.17) is 0 Å². The van der Waals surface area contributed by atoms with Crippen LogP contribution in [0.3, 0.4) is 0 Å². The summed E-state index contributed by atoms with van der Waals surface area (Å²) in [5, 5.41) is 0. The first kappa shape index (κ1) is 12.7. The predicted octanol–water partition coefficient (Wildman–Crippen LogP) is 3.00. The first-order chi connectivity index (χ1) is 7.09. The fraction of sp³-hybridized carbons (Fsp3) is 0.583. The molecule has 15 heavy (non-hydrogen) atoms. The van der Waals surface area contributed by atoms with Crippen molar-refractivity contribution < 1.29 is 0 Å². The number of alkyl halides is 1. The molecule has 2 nitrogen and oxygen atoms in total. The zero-order valence-corrected chi connectivity index (χ0v) is 11.3. The van der Waals surface area contributed by atoms with Crippen LogP contribution in [-0.4, -0.2) is 28.3 Å². The van der Waals surface area contributed by atoms with E-state index in [1.807, 2.05) is 12.3 Å². The molecule has 0 N–H and O–H groups in total. The second-order valence-corrected chi connectivity index (χ2v) is 5.64. The number of hydrogen-bond acceptors (Lipinski definition) is 2. The van der Waals surface area contributed by atoms with E-state index in [1.165, 1.54) is 17.7 Å². The van der Waals surface area contributed by atoms with Crippen molar-refractivity contribution >= 4 is 15.9 Å². The standard InChI is InChI=1S/C12H19BrN2/c1-10-5-4-7-14-12(10)9-15(3)8-6-11(2)13/h4-5,7,11H,6,8-9H2,1-3H3. The zero-order valence-electron chi connectivity index (χ0n) is 9.70. The van der Waals surface area contributed by atoms with Gasteiger partial charge in [-0.15, -0.1) is 0 Å². The number of rotatable bonds is 5. The molecule has 0 saturated carbocycles. The number of nitrogens with zero attached hydrogens (tertiary/aromatic N) is 2. The molecule has 0 saturated heterocycles. The first-order valence-electron chi connectivity index (χ1n) is 5.32. The van der Waals surface area contributed by atoms with Gasteiger partial charge in [-0.05, 0) is 38.6 Å². The van der Waals surface area contributed by atoms with E-state index >= 15 is 0 Å². The molecule has 1 unspecified atom stereocenters. The first-order valence-corrected chi connectivity index (χ1v) is 6.24. The molecule has 0 aliphatic heterocycles. The summed E-state index contributed by atoms with van der Waals surface area (Å²) in [6.45, 7) is 6.33. The summed E-state index contributed by atoms with van der Waals surface area (Å²) in [6.07, 6.45) is 3.03. The third-order valence-corrected chi connectivity index (χ3v) is 2.90. The molecule has 0 amide bonds. The second-order valence-electron chi connectivity index (χ2n) is 4.07. The van der Waals surface area contributed by atoms with Gasteiger partial charge in [0, 0.05) is 17.6 Å². The fourth-order valence-corrected chi connectivity index (χ4v) is 1.62. The van der Waals surface area contributed by atoms with E-state index < -0.39 is 0 Å². The summed E-state index contributed by atoms with van der Waals surface area (Å²) in [7, 11) is 2.14. The van der Waals surface area contributed by atoms with Crippen LogP contribution in [0.15, 0.2) is 18.3 Å². The number of aryl methyl sites for hydroxylation is 1. The van der Waals surface area contributed by atoms with Crippen molar-refractivity contribution in [2.45, 2.75) is 31.6 Å². The Kier molecular flexibility index (Phi) is 5.26. The summed E-state index contributed by atoms with van der Waals surface area (Å²) in [6, 6.07) is 4.10. The summed E-state index contributed by atoms with van der Waals surface area (Å²) < 4.78 is 0. The van der Waals surface area contributed by atoms with Crippen LogP contribution in [0, 0.1) is 6.92 Å². The van der Waals surface area contributed by atoms with Crippen LogP contribution in [0.25, 0.3) is 0 Å². The summed E-state index contributed by atoms with van der Waals surface area (Å²) in [4.78, 5) is 7.29. The van der Waals surface area contributed by atoms with Crippen LogP contribution < -0.4 is 0 Å². The van der Waals surface area contributed by atoms with Gasteiger partial charge in [0.1, 0.15) is 0 Å². The van der Waals surface area contributed by atoms with E-state index in [9.17, 15) is 0 Å². The number of pyridine rings is 1. The molecule has 0 fully saturated rings. The normalized spacial score (nSPS) is 13.1. The van der Waals surface area contributed by atoms with Crippen LogP contribution in [0.5, 0.6) is 0 Å². The van der Waals surface area contributed by atoms with Gasteiger partial charge in [0.15, 0.2) is 0 Å². The van der Waals surface area contributed by atoms with Gasteiger partial charge in [-0.2, -0.15) is 0 Å². The molecule has 0 radical (unpaired) electrons. The maximum Gasteiger partial charge on any atom is 0.0572 e. The van der Waals surface area contributed by atoms with Gasteiger partial charge in [-0.1, -0.05) is 28.9 Å². The predicted molar refractivity (Wildman–Crippen MR) is 68.3 cm³/mol. The Labute approximate surface area is 101 Å². The van der Waals surface area contributed by atoms with Crippen molar-refractivity contribution in [3.05, 3.63) is 29.6 Å². The maximum absolute atomic E-state index is 4.39. The molecule has 1 aromatic rings. The highest BCUT2D eigenvalue weighted by atomic mass is 79.9. The van der Waals surface area contributed by atoms with Crippen molar-refractivity contribution in [2.24, 2.45) is 0 Å². The minimum atomic E-state index is 0.588. The molecule has 0 bridgehead atoms. The monoisotopic (exact) mass is 270 g/mol. The Bertz CT molecular complexity index is 299. The van der Waals surface area contributed by atoms with Crippen LogP contribution in [0.4, 0.5) is 0 Å². The van der Waals surface area contributed by atoms with E-state index in [1.54, 1.807) is 0 Å². The minimum absolute atomic E-state index is 0.588. The number of hydrogen-bond donors (Lipinski definition) is 0. The van der Waals surface area contributed by atoms with Crippen molar-refractivity contribution in [2.75, 3.05) is 13.6 Å². The summed E-state index contributed by atoms with van der Waals surface area (Å²) in [5.74, 6) is 0. The Morgan fingerprint density at radius 3 is 2.87 bits per heavy atom. The van der Waals surface area contributed by atoms with Crippen molar-refractivity contribution in [3.63, 3.8) is 0 Å². The van der Waals surface area contributed by atoms with E-state index in [0.717, 1.165) is 13.1 Å². The minimum Gasteiger partial charge on any atom is -0.300 e. The lowest BCUT2D eigenvalue weighted by Crippen LogP contribution is -2.21. The van der Waals surface area contributed by atoms with Crippen LogP contribution in [0.1, 0.15) is 24.6 Å². The van der Waals surface area contributed by atoms with E-state index in [-0.39, 0.29) is 0 Å². The molecule has 0 aliphatic rings. The molecule has 1 aromatic heterocycles. The van der Waals surface area contributed by atoms with Crippen LogP contribution in [-0.2, 0) is 6.54 Å². The molecular formula is C12H19BrN2. The van der Waals surface area contributed by atoms with Crippen molar-refractivity contribution in [1.82, 2.24) is 9.88 Å². The van der Waals surface area contributed by atoms with E-state index in [0.29, 0.717) is 4.83 Å². The Morgan fingerprint density at radius 1 is 1.53 bits per heavy atom. The average molecular weight is 271 g/mol. The third kappa shape index (κ3) is 4.76. The highest BCUT2D eigenvalue weighted by molar-refractivity contribution is 9.09. The Hall–Kier alpha value is -0.410. The van der Waals surface area contributed by atoms with Crippen molar-refractivity contribution in [1.29, 1.82) is 0 Å². The molecule has 84 valence electrons. The zero-order chi connectivity index (χ0) is 11.3. The molecule has 1 atom stereocenters. The molecule has 0 spiro atoms. The SMILES string of the molecule is Cc1cccnc1CN(C)CCC(C)Br. The highest BCUT2D eigenvalue weighted by Gasteiger charge is 2.05. The van der Waals surface area contributed by atoms with Gasteiger partial charge in [0.05, 0.1) is 5.69 Å². The Morgan fingerprint density at radius 2 is 2.27 bits per heavy atom. The maximum atomic E-state index is 4.39. The summed E-state index contributed by atoms with van der Waals surface area (Å²) >= 11 is 3.56. The van der Waals surface area contributed by atoms with Gasteiger partial charge >= 0.3 is 0 Å². The molecule has 0 aromatic carbocycles. The van der Waals surface area contributed by atoms with E-state index in [2.05, 4.69) is 52.8 Å². The third-order valence-electron chi connectivity index (χ3n) is 2.45. The molecule has 1 rings (SSSR count). The quantitative estimate of drug-likeness (QED) is 0.765. The lowest BCUT2D eigenvalue weighted by molar-refractivity contribution is 0.318. The van der Waals surface area contributed by atoms with Gasteiger partial charge in [0.25, 0.3) is 0 Å². The lowest BCUT2D eigenvalue weighted by Gasteiger charge is -2.17. The lowest BCUT2D eigenvalue weighted by atomic mass is 10.2. The fourth-order valence-electron chi connectivity index (χ4n) is 1.42. The van der Waals surface area contributed by atoms with Gasteiger partial charge < -0.3 is 4.90 Å². The molecular weight excluding hydrogens is 252 g/mol. The molecule has 3 heteroatoms. The van der Waals surface area contributed by atoms with Gasteiger partial charge in [0.2, 0.25) is 0 Å². The number of aromatic nitrogens is 1. The largest absolute Gasteiger partial charge is 0.300 e. The summed E-state index contributed by atoms with van der Waals surface area (Å²) in [5.41, 5.74) is 2.46. The second kappa shape index (κ2) is 6.23. The molecule has 1 heterocycles. The topological polar surface area (TPSA) is 16.1 Å². The van der Waals surface area contributed by atoms with Crippen LogP contribution in [0.2, 0.25) is 0 Å². The van der Waals surface area contributed by atoms with Crippen LogP contribution >= 0.6 is 15.9 Å². The highest BCUT2D eigenvalue weighted by Crippen LogP contribution is 2.08. The van der Waals surface area contributed by atoms with Gasteiger partial charge in [-0.25, -0.2) is 0 Å².